The SMILES string of the molecule is CCCCCCCc1ccc(C(=O)Oc2ccc(NC=O)cc2)cc1. The van der Waals surface area contributed by atoms with Crippen LogP contribution in [0.25, 0.3) is 0 Å². The first-order chi connectivity index (χ1) is 12.2. The molecule has 4 nitrogen and oxygen atoms in total. The van der Waals surface area contributed by atoms with Gasteiger partial charge in [-0.1, -0.05) is 44.7 Å². The van der Waals surface area contributed by atoms with Crippen molar-refractivity contribution in [2.45, 2.75) is 45.4 Å². The highest BCUT2D eigenvalue weighted by molar-refractivity contribution is 5.91. The molecule has 0 aliphatic carbocycles. The molecule has 0 aromatic heterocycles. The summed E-state index contributed by atoms with van der Waals surface area (Å²) in [5.41, 5.74) is 2.43. The lowest BCUT2D eigenvalue weighted by Crippen LogP contribution is -2.08. The number of benzene rings is 2. The maximum Gasteiger partial charge on any atom is 0.343 e. The number of rotatable bonds is 10. The molecule has 2 rings (SSSR count). The number of anilines is 1. The van der Waals surface area contributed by atoms with Gasteiger partial charge >= 0.3 is 5.97 Å². The van der Waals surface area contributed by atoms with Crippen molar-refractivity contribution in [1.29, 1.82) is 0 Å². The molecule has 2 aromatic carbocycles. The first-order valence-electron chi connectivity index (χ1n) is 8.84. The standard InChI is InChI=1S/C21H25NO3/c1-2-3-4-5-6-7-17-8-10-18(11-9-17)21(24)25-20-14-12-19(13-15-20)22-16-23/h8-16H,2-7H2,1H3,(H,22,23). The van der Waals surface area contributed by atoms with Crippen LogP contribution in [0, 0.1) is 0 Å². The fraction of sp³-hybridized carbons (Fsp3) is 0.333. The normalized spacial score (nSPS) is 10.3. The average Bonchev–Trinajstić information content (AvgIpc) is 2.64. The van der Waals surface area contributed by atoms with E-state index < -0.39 is 0 Å². The molecule has 132 valence electrons. The van der Waals surface area contributed by atoms with Crippen LogP contribution in [0.5, 0.6) is 5.75 Å². The van der Waals surface area contributed by atoms with E-state index in [1.54, 1.807) is 24.3 Å². The van der Waals surface area contributed by atoms with E-state index in [9.17, 15) is 9.59 Å². The van der Waals surface area contributed by atoms with Crippen LogP contribution in [0.1, 0.15) is 54.9 Å². The monoisotopic (exact) mass is 339 g/mol. The van der Waals surface area contributed by atoms with Crippen LogP contribution < -0.4 is 10.1 Å². The molecular formula is C21H25NO3. The minimum atomic E-state index is -0.384. The third kappa shape index (κ3) is 6.42. The molecule has 0 aliphatic rings. The quantitative estimate of drug-likeness (QED) is 0.287. The highest BCUT2D eigenvalue weighted by atomic mass is 16.5. The van der Waals surface area contributed by atoms with Gasteiger partial charge in [-0.25, -0.2) is 4.79 Å². The molecule has 0 heterocycles. The highest BCUT2D eigenvalue weighted by Gasteiger charge is 2.08. The number of unbranched alkanes of at least 4 members (excludes halogenated alkanes) is 4. The number of aryl methyl sites for hydroxylation is 1. The van der Waals surface area contributed by atoms with Gasteiger partial charge in [0.15, 0.2) is 0 Å². The third-order valence-electron chi connectivity index (χ3n) is 4.05. The van der Waals surface area contributed by atoms with E-state index in [1.807, 2.05) is 24.3 Å². The average molecular weight is 339 g/mol. The predicted octanol–water partition coefficient (Wildman–Crippen LogP) is 4.99. The molecule has 0 spiro atoms. The maximum atomic E-state index is 12.2. The summed E-state index contributed by atoms with van der Waals surface area (Å²) in [6, 6.07) is 14.3. The number of carbonyl (C=O) groups excluding carboxylic acids is 2. The zero-order chi connectivity index (χ0) is 17.9. The molecule has 0 aliphatic heterocycles. The number of esters is 1. The van der Waals surface area contributed by atoms with E-state index in [4.69, 9.17) is 4.74 Å². The zero-order valence-electron chi connectivity index (χ0n) is 14.7. The van der Waals surface area contributed by atoms with Gasteiger partial charge in [-0.05, 0) is 54.8 Å². The minimum Gasteiger partial charge on any atom is -0.423 e. The molecule has 0 saturated carbocycles. The lowest BCUT2D eigenvalue weighted by atomic mass is 10.0. The predicted molar refractivity (Wildman–Crippen MR) is 100.0 cm³/mol. The first kappa shape index (κ1) is 18.7. The van der Waals surface area contributed by atoms with Crippen LogP contribution in [-0.4, -0.2) is 12.4 Å². The minimum absolute atomic E-state index is 0.384. The molecule has 1 N–H and O–H groups in total. The summed E-state index contributed by atoms with van der Waals surface area (Å²) >= 11 is 0. The summed E-state index contributed by atoms with van der Waals surface area (Å²) in [6.07, 6.45) is 7.94. The van der Waals surface area contributed by atoms with Crippen LogP contribution in [0.4, 0.5) is 5.69 Å². The van der Waals surface area contributed by atoms with Gasteiger partial charge in [0.2, 0.25) is 6.41 Å². The van der Waals surface area contributed by atoms with Crippen molar-refractivity contribution in [2.75, 3.05) is 5.32 Å². The number of ether oxygens (including phenoxy) is 1. The molecular weight excluding hydrogens is 314 g/mol. The van der Waals surface area contributed by atoms with Gasteiger partial charge < -0.3 is 10.1 Å². The van der Waals surface area contributed by atoms with Gasteiger partial charge in [0.25, 0.3) is 0 Å². The fourth-order valence-corrected chi connectivity index (χ4v) is 2.59. The number of amides is 1. The first-order valence-corrected chi connectivity index (χ1v) is 8.84. The van der Waals surface area contributed by atoms with Gasteiger partial charge in [0.1, 0.15) is 5.75 Å². The van der Waals surface area contributed by atoms with Crippen LogP contribution in [0.3, 0.4) is 0 Å². The smallest absolute Gasteiger partial charge is 0.343 e. The largest absolute Gasteiger partial charge is 0.423 e. The molecule has 0 fully saturated rings. The van der Waals surface area contributed by atoms with E-state index in [1.165, 1.54) is 37.7 Å². The van der Waals surface area contributed by atoms with Gasteiger partial charge in [-0.3, -0.25) is 4.79 Å². The Bertz CT molecular complexity index is 663. The van der Waals surface area contributed by atoms with Gasteiger partial charge in [-0.2, -0.15) is 0 Å². The Balaban J connectivity index is 1.84. The third-order valence-corrected chi connectivity index (χ3v) is 4.05. The van der Waals surface area contributed by atoms with E-state index in [0.717, 1.165) is 6.42 Å². The molecule has 25 heavy (non-hydrogen) atoms. The van der Waals surface area contributed by atoms with Gasteiger partial charge in [-0.15, -0.1) is 0 Å². The molecule has 2 aromatic rings. The van der Waals surface area contributed by atoms with E-state index in [-0.39, 0.29) is 5.97 Å². The summed E-state index contributed by atoms with van der Waals surface area (Å²) in [5, 5.41) is 2.53. The highest BCUT2D eigenvalue weighted by Crippen LogP contribution is 2.17. The van der Waals surface area contributed by atoms with E-state index in [0.29, 0.717) is 23.4 Å². The van der Waals surface area contributed by atoms with Crippen molar-refractivity contribution >= 4 is 18.1 Å². The summed E-state index contributed by atoms with van der Waals surface area (Å²) in [7, 11) is 0. The molecule has 1 amide bonds. The van der Waals surface area contributed by atoms with Crippen molar-refractivity contribution in [1.82, 2.24) is 0 Å². The van der Waals surface area contributed by atoms with Crippen molar-refractivity contribution in [3.05, 3.63) is 59.7 Å². The lowest BCUT2D eigenvalue weighted by molar-refractivity contribution is -0.105. The van der Waals surface area contributed by atoms with Crippen LogP contribution in [0.2, 0.25) is 0 Å². The second-order valence-electron chi connectivity index (χ2n) is 6.04. The summed E-state index contributed by atoms with van der Waals surface area (Å²) < 4.78 is 5.34. The second kappa shape index (κ2) is 10.3. The van der Waals surface area contributed by atoms with Crippen LogP contribution in [-0.2, 0) is 11.2 Å². The molecule has 0 unspecified atom stereocenters. The number of hydrogen-bond acceptors (Lipinski definition) is 3. The fourth-order valence-electron chi connectivity index (χ4n) is 2.59. The Morgan fingerprint density at radius 3 is 2.28 bits per heavy atom. The Hall–Kier alpha value is -2.62. The Labute approximate surface area is 149 Å². The van der Waals surface area contributed by atoms with Crippen LogP contribution >= 0.6 is 0 Å². The van der Waals surface area contributed by atoms with Crippen LogP contribution in [0.15, 0.2) is 48.5 Å². The lowest BCUT2D eigenvalue weighted by Gasteiger charge is -2.06. The van der Waals surface area contributed by atoms with E-state index in [2.05, 4.69) is 12.2 Å². The summed E-state index contributed by atoms with van der Waals surface area (Å²) in [5.74, 6) is 0.0621. The topological polar surface area (TPSA) is 55.4 Å². The number of hydrogen-bond donors (Lipinski definition) is 1. The second-order valence-corrected chi connectivity index (χ2v) is 6.04. The number of nitrogens with one attached hydrogen (secondary N) is 1. The zero-order valence-corrected chi connectivity index (χ0v) is 14.7. The van der Waals surface area contributed by atoms with Crippen molar-refractivity contribution < 1.29 is 14.3 Å². The molecule has 0 atom stereocenters. The molecule has 4 heteroatoms. The maximum absolute atomic E-state index is 12.2. The Morgan fingerprint density at radius 1 is 0.960 bits per heavy atom. The van der Waals surface area contributed by atoms with Gasteiger partial charge in [0, 0.05) is 5.69 Å². The van der Waals surface area contributed by atoms with Crippen molar-refractivity contribution in [3.8, 4) is 5.75 Å². The molecule has 0 bridgehead atoms. The summed E-state index contributed by atoms with van der Waals surface area (Å²) in [6.45, 7) is 2.22. The number of carbonyl (C=O) groups is 2. The molecule has 0 saturated heterocycles. The Morgan fingerprint density at radius 2 is 1.64 bits per heavy atom. The van der Waals surface area contributed by atoms with Crippen molar-refractivity contribution in [3.63, 3.8) is 0 Å². The van der Waals surface area contributed by atoms with E-state index >= 15 is 0 Å². The van der Waals surface area contributed by atoms with Gasteiger partial charge in [0.05, 0.1) is 5.56 Å². The molecule has 0 radical (unpaired) electrons. The summed E-state index contributed by atoms with van der Waals surface area (Å²) in [4.78, 5) is 22.5. The van der Waals surface area contributed by atoms with Crippen molar-refractivity contribution in [2.24, 2.45) is 0 Å². The Kier molecular flexibility index (Phi) is 7.70.